The predicted octanol–water partition coefficient (Wildman–Crippen LogP) is 2.23. The Labute approximate surface area is 165 Å². The lowest BCUT2D eigenvalue weighted by Gasteiger charge is -2.19. The summed E-state index contributed by atoms with van der Waals surface area (Å²) >= 11 is 6.07. The summed E-state index contributed by atoms with van der Waals surface area (Å²) in [6.45, 7) is -0.267. The second kappa shape index (κ2) is 7.56. The highest BCUT2D eigenvalue weighted by molar-refractivity contribution is 7.87. The smallest absolute Gasteiger partial charge is 0.341 e. The van der Waals surface area contributed by atoms with Crippen LogP contribution in [0.1, 0.15) is 10.4 Å². The molecule has 0 saturated carbocycles. The Bertz CT molecular complexity index is 1070. The highest BCUT2D eigenvalue weighted by atomic mass is 35.5. The van der Waals surface area contributed by atoms with Crippen LogP contribution in [0.5, 0.6) is 17.2 Å². The maximum atomic E-state index is 12.8. The third kappa shape index (κ3) is 3.82. The molecule has 28 heavy (non-hydrogen) atoms. The molecule has 0 aliphatic carbocycles. The molecule has 0 fully saturated rings. The van der Waals surface area contributed by atoms with Crippen LogP contribution >= 0.6 is 11.6 Å². The van der Waals surface area contributed by atoms with Crippen LogP contribution in [0.2, 0.25) is 5.02 Å². The van der Waals surface area contributed by atoms with Crippen LogP contribution in [-0.2, 0) is 19.6 Å². The largest absolute Gasteiger partial charge is 0.497 e. The van der Waals surface area contributed by atoms with E-state index in [0.29, 0.717) is 0 Å². The normalized spacial score (nSPS) is 13.0. The Hall–Kier alpha value is -2.98. The number of hydrogen-bond acceptors (Lipinski definition) is 8. The molecule has 0 unspecified atom stereocenters. The standard InChI is InChI=1S/C17H14ClNO8S/c1-24-9-3-4-10(17(21)25-2)13(5-9)27-28(22,23)15-7-14-12(6-11(15)18)19-16(20)8-26-14/h3-7H,8H2,1-2H3,(H,19,20). The molecule has 0 spiro atoms. The fourth-order valence-corrected chi connectivity index (χ4v) is 3.87. The van der Waals surface area contributed by atoms with E-state index in [1.165, 1.54) is 31.4 Å². The van der Waals surface area contributed by atoms with Crippen molar-refractivity contribution >= 4 is 39.3 Å². The highest BCUT2D eigenvalue weighted by Crippen LogP contribution is 2.37. The van der Waals surface area contributed by atoms with E-state index in [0.717, 1.165) is 13.2 Å². The van der Waals surface area contributed by atoms with E-state index < -0.39 is 26.9 Å². The summed E-state index contributed by atoms with van der Waals surface area (Å²) in [4.78, 5) is 22.9. The molecule has 148 valence electrons. The van der Waals surface area contributed by atoms with Crippen LogP contribution < -0.4 is 19.0 Å². The first kappa shape index (κ1) is 19.8. The van der Waals surface area contributed by atoms with Gasteiger partial charge < -0.3 is 23.7 Å². The number of rotatable bonds is 5. The van der Waals surface area contributed by atoms with Gasteiger partial charge in [-0.15, -0.1) is 0 Å². The van der Waals surface area contributed by atoms with Crippen LogP contribution in [0, 0.1) is 0 Å². The van der Waals surface area contributed by atoms with Crippen LogP contribution in [-0.4, -0.2) is 41.1 Å². The van der Waals surface area contributed by atoms with Gasteiger partial charge in [0, 0.05) is 12.1 Å². The molecule has 0 aromatic heterocycles. The van der Waals surface area contributed by atoms with E-state index in [1.807, 2.05) is 0 Å². The van der Waals surface area contributed by atoms with Gasteiger partial charge in [0.05, 0.1) is 24.9 Å². The molecule has 0 radical (unpaired) electrons. The van der Waals surface area contributed by atoms with E-state index in [9.17, 15) is 18.0 Å². The fraction of sp³-hybridized carbons (Fsp3) is 0.176. The molecule has 11 heteroatoms. The van der Waals surface area contributed by atoms with Crippen molar-refractivity contribution < 1.29 is 36.4 Å². The Morgan fingerprint density at radius 1 is 1.21 bits per heavy atom. The van der Waals surface area contributed by atoms with Crippen molar-refractivity contribution in [3.05, 3.63) is 40.9 Å². The van der Waals surface area contributed by atoms with Gasteiger partial charge in [-0.05, 0) is 18.2 Å². The number of hydrogen-bond donors (Lipinski definition) is 1. The van der Waals surface area contributed by atoms with Gasteiger partial charge in [-0.2, -0.15) is 8.42 Å². The van der Waals surface area contributed by atoms with Gasteiger partial charge in [0.15, 0.2) is 12.4 Å². The second-order valence-corrected chi connectivity index (χ2v) is 7.43. The van der Waals surface area contributed by atoms with Crippen LogP contribution in [0.3, 0.4) is 0 Å². The summed E-state index contributed by atoms with van der Waals surface area (Å²) in [6.07, 6.45) is 0. The lowest BCUT2D eigenvalue weighted by atomic mass is 10.2. The van der Waals surface area contributed by atoms with Gasteiger partial charge in [-0.25, -0.2) is 4.79 Å². The average molecular weight is 428 g/mol. The first-order chi connectivity index (χ1) is 13.2. The summed E-state index contributed by atoms with van der Waals surface area (Å²) in [6, 6.07) is 6.35. The zero-order valence-electron chi connectivity index (χ0n) is 14.6. The third-order valence-electron chi connectivity index (χ3n) is 3.73. The maximum Gasteiger partial charge on any atom is 0.341 e. The molecular formula is C17H14ClNO8S. The fourth-order valence-electron chi connectivity index (χ4n) is 2.41. The number of carbonyl (C=O) groups excluding carboxylic acids is 2. The summed E-state index contributed by atoms with van der Waals surface area (Å²) in [5, 5.41) is 2.31. The molecule has 1 N–H and O–H groups in total. The van der Waals surface area contributed by atoms with Crippen molar-refractivity contribution in [1.29, 1.82) is 0 Å². The molecule has 0 atom stereocenters. The lowest BCUT2D eigenvalue weighted by Crippen LogP contribution is -2.25. The number of benzene rings is 2. The Kier molecular flexibility index (Phi) is 5.34. The molecular weight excluding hydrogens is 414 g/mol. The Balaban J connectivity index is 2.03. The first-order valence-corrected chi connectivity index (χ1v) is 9.51. The van der Waals surface area contributed by atoms with Crippen LogP contribution in [0.15, 0.2) is 35.2 Å². The molecule has 3 rings (SSSR count). The minimum Gasteiger partial charge on any atom is -0.497 e. The van der Waals surface area contributed by atoms with Crippen LogP contribution in [0.25, 0.3) is 0 Å². The number of esters is 1. The van der Waals surface area contributed by atoms with Gasteiger partial charge in [-0.1, -0.05) is 11.6 Å². The average Bonchev–Trinajstić information content (AvgIpc) is 2.66. The van der Waals surface area contributed by atoms with E-state index in [1.54, 1.807) is 0 Å². The Morgan fingerprint density at radius 2 is 1.96 bits per heavy atom. The minimum atomic E-state index is -4.47. The molecule has 1 aliphatic heterocycles. The van der Waals surface area contributed by atoms with E-state index >= 15 is 0 Å². The van der Waals surface area contributed by atoms with Crippen molar-refractivity contribution in [2.75, 3.05) is 26.1 Å². The van der Waals surface area contributed by atoms with Gasteiger partial charge in [0.1, 0.15) is 22.0 Å². The molecule has 9 nitrogen and oxygen atoms in total. The number of fused-ring (bicyclic) bond motifs is 1. The number of anilines is 1. The number of nitrogens with one attached hydrogen (secondary N) is 1. The van der Waals surface area contributed by atoms with Gasteiger partial charge in [0.25, 0.3) is 5.91 Å². The third-order valence-corrected chi connectivity index (χ3v) is 5.43. The first-order valence-electron chi connectivity index (χ1n) is 7.72. The van der Waals surface area contributed by atoms with Crippen molar-refractivity contribution in [1.82, 2.24) is 0 Å². The highest BCUT2D eigenvalue weighted by Gasteiger charge is 2.28. The number of carbonyl (C=O) groups is 2. The Morgan fingerprint density at radius 3 is 2.64 bits per heavy atom. The van der Waals surface area contributed by atoms with E-state index in [2.05, 4.69) is 10.1 Å². The van der Waals surface area contributed by atoms with Crippen molar-refractivity contribution in [2.45, 2.75) is 4.90 Å². The van der Waals surface area contributed by atoms with Crippen molar-refractivity contribution in [3.8, 4) is 17.2 Å². The number of ether oxygens (including phenoxy) is 3. The lowest BCUT2D eigenvalue weighted by molar-refractivity contribution is -0.118. The molecule has 1 heterocycles. The molecule has 1 aliphatic rings. The molecule has 2 aromatic rings. The summed E-state index contributed by atoms with van der Waals surface area (Å²) in [5.41, 5.74) is 0.112. The molecule has 1 amide bonds. The quantitative estimate of drug-likeness (QED) is 0.570. The van der Waals surface area contributed by atoms with Gasteiger partial charge in [-0.3, -0.25) is 4.79 Å². The zero-order valence-corrected chi connectivity index (χ0v) is 16.2. The van der Waals surface area contributed by atoms with E-state index in [4.69, 9.17) is 25.3 Å². The SMILES string of the molecule is COC(=O)c1ccc(OC)cc1OS(=O)(=O)c1cc2c(cc1Cl)NC(=O)CO2. The monoisotopic (exact) mass is 427 g/mol. The summed E-state index contributed by atoms with van der Waals surface area (Å²) in [5.74, 6) is -1.11. The zero-order chi connectivity index (χ0) is 20.5. The second-order valence-electron chi connectivity index (χ2n) is 5.51. The minimum absolute atomic E-state index is 0.116. The van der Waals surface area contributed by atoms with E-state index in [-0.39, 0.29) is 40.1 Å². The summed E-state index contributed by atoms with van der Waals surface area (Å²) < 4.78 is 45.6. The maximum absolute atomic E-state index is 12.8. The topological polar surface area (TPSA) is 117 Å². The van der Waals surface area contributed by atoms with Crippen molar-refractivity contribution in [2.24, 2.45) is 0 Å². The van der Waals surface area contributed by atoms with Gasteiger partial charge in [0.2, 0.25) is 0 Å². The molecule has 0 bridgehead atoms. The number of amides is 1. The molecule has 2 aromatic carbocycles. The van der Waals surface area contributed by atoms with Crippen molar-refractivity contribution in [3.63, 3.8) is 0 Å². The van der Waals surface area contributed by atoms with Gasteiger partial charge >= 0.3 is 16.1 Å². The summed E-state index contributed by atoms with van der Waals surface area (Å²) in [7, 11) is -1.95. The predicted molar refractivity (Wildman–Crippen MR) is 97.7 cm³/mol. The number of methoxy groups -OCH3 is 2. The molecule has 0 saturated heterocycles. The number of halogens is 1. The van der Waals surface area contributed by atoms with Crippen LogP contribution in [0.4, 0.5) is 5.69 Å².